The Morgan fingerprint density at radius 3 is 2.91 bits per heavy atom. The van der Waals surface area contributed by atoms with Crippen LogP contribution in [0.2, 0.25) is 0 Å². The summed E-state index contributed by atoms with van der Waals surface area (Å²) in [6.07, 6.45) is 8.50. The van der Waals surface area contributed by atoms with Gasteiger partial charge in [-0.15, -0.1) is 12.4 Å². The van der Waals surface area contributed by atoms with Crippen LogP contribution in [0.4, 0.5) is 5.69 Å². The van der Waals surface area contributed by atoms with Gasteiger partial charge in [0.15, 0.2) is 0 Å². The quantitative estimate of drug-likeness (QED) is 0.852. The first-order chi connectivity index (χ1) is 10.3. The average molecular weight is 321 g/mol. The number of benzene rings is 1. The zero-order valence-corrected chi connectivity index (χ0v) is 13.8. The summed E-state index contributed by atoms with van der Waals surface area (Å²) in [6.45, 7) is 1.98. The number of piperidine rings is 1. The van der Waals surface area contributed by atoms with E-state index >= 15 is 0 Å². The van der Waals surface area contributed by atoms with E-state index in [9.17, 15) is 4.79 Å². The molecule has 0 bridgehead atoms. The highest BCUT2D eigenvalue weighted by molar-refractivity contribution is 5.97. The lowest BCUT2D eigenvalue weighted by molar-refractivity contribution is 0.0547. The number of amides is 1. The van der Waals surface area contributed by atoms with Crippen LogP contribution >= 0.6 is 12.4 Å². The number of nitrogens with zero attached hydrogens (tertiary/aromatic N) is 1. The van der Waals surface area contributed by atoms with E-state index in [4.69, 9.17) is 0 Å². The molecule has 4 heteroatoms. The standard InChI is InChI=1S/C18H24N2O.ClH/c21-18(20-12-4-6-13-5-1-10-17(13)20)15-7-2-9-16-14(15)8-3-11-19-16;/h2,7,9,13,17,19H,1,3-6,8,10-12H2;1H. The molecule has 1 aromatic carbocycles. The summed E-state index contributed by atoms with van der Waals surface area (Å²) >= 11 is 0. The summed E-state index contributed by atoms with van der Waals surface area (Å²) in [4.78, 5) is 15.3. The molecule has 1 amide bonds. The minimum absolute atomic E-state index is 0. The Bertz CT molecular complexity index is 560. The van der Waals surface area contributed by atoms with Crippen molar-refractivity contribution < 1.29 is 4.79 Å². The van der Waals surface area contributed by atoms with Crippen LogP contribution in [0.25, 0.3) is 0 Å². The largest absolute Gasteiger partial charge is 0.385 e. The molecule has 1 aliphatic carbocycles. The molecule has 2 atom stereocenters. The molecule has 2 heterocycles. The predicted molar refractivity (Wildman–Crippen MR) is 91.9 cm³/mol. The van der Waals surface area contributed by atoms with Crippen molar-refractivity contribution in [2.24, 2.45) is 5.92 Å². The number of likely N-dealkylation sites (tertiary alicyclic amines) is 1. The molecule has 0 spiro atoms. The van der Waals surface area contributed by atoms with Gasteiger partial charge in [0.05, 0.1) is 0 Å². The van der Waals surface area contributed by atoms with Crippen molar-refractivity contribution in [3.63, 3.8) is 0 Å². The molecule has 2 unspecified atom stereocenters. The highest BCUT2D eigenvalue weighted by Crippen LogP contribution is 2.38. The zero-order chi connectivity index (χ0) is 14.2. The third kappa shape index (κ3) is 2.60. The van der Waals surface area contributed by atoms with E-state index in [1.165, 1.54) is 43.4 Å². The number of anilines is 1. The lowest BCUT2D eigenvalue weighted by Crippen LogP contribution is -2.46. The fourth-order valence-electron chi connectivity index (χ4n) is 4.57. The van der Waals surface area contributed by atoms with Crippen molar-refractivity contribution >= 4 is 24.0 Å². The Morgan fingerprint density at radius 2 is 2.00 bits per heavy atom. The number of halogens is 1. The SMILES string of the molecule is Cl.O=C(c1cccc2c1CCCN2)N1CCCC2CCCC21. The van der Waals surface area contributed by atoms with Gasteiger partial charge < -0.3 is 10.2 Å². The first kappa shape index (κ1) is 15.7. The minimum Gasteiger partial charge on any atom is -0.385 e. The number of nitrogens with one attached hydrogen (secondary N) is 1. The number of hydrogen-bond acceptors (Lipinski definition) is 2. The molecule has 1 aromatic rings. The van der Waals surface area contributed by atoms with E-state index < -0.39 is 0 Å². The fraction of sp³-hybridized carbons (Fsp3) is 0.611. The molecular weight excluding hydrogens is 296 g/mol. The van der Waals surface area contributed by atoms with Gasteiger partial charge in [-0.3, -0.25) is 4.79 Å². The Balaban J connectivity index is 0.00000144. The van der Waals surface area contributed by atoms with E-state index in [0.717, 1.165) is 37.4 Å². The minimum atomic E-state index is 0. The molecule has 4 rings (SSSR count). The molecule has 0 radical (unpaired) electrons. The van der Waals surface area contributed by atoms with Gasteiger partial charge in [0.1, 0.15) is 0 Å². The van der Waals surface area contributed by atoms with Gasteiger partial charge in [-0.25, -0.2) is 0 Å². The number of fused-ring (bicyclic) bond motifs is 2. The van der Waals surface area contributed by atoms with Crippen LogP contribution in [0.15, 0.2) is 18.2 Å². The molecule has 1 saturated carbocycles. The first-order valence-corrected chi connectivity index (χ1v) is 8.51. The van der Waals surface area contributed by atoms with Crippen LogP contribution < -0.4 is 5.32 Å². The van der Waals surface area contributed by atoms with Gasteiger partial charge in [-0.1, -0.05) is 12.5 Å². The number of hydrogen-bond donors (Lipinski definition) is 1. The van der Waals surface area contributed by atoms with Gasteiger partial charge >= 0.3 is 0 Å². The molecule has 3 aliphatic rings. The predicted octanol–water partition coefficient (Wildman–Crippen LogP) is 3.87. The highest BCUT2D eigenvalue weighted by atomic mass is 35.5. The summed E-state index contributed by atoms with van der Waals surface area (Å²) in [6, 6.07) is 6.69. The van der Waals surface area contributed by atoms with Crippen LogP contribution in [0, 0.1) is 5.92 Å². The second kappa shape index (κ2) is 6.49. The second-order valence-corrected chi connectivity index (χ2v) is 6.76. The topological polar surface area (TPSA) is 32.3 Å². The van der Waals surface area contributed by atoms with Gasteiger partial charge in [0, 0.05) is 30.4 Å². The van der Waals surface area contributed by atoms with Crippen molar-refractivity contribution in [2.75, 3.05) is 18.4 Å². The third-order valence-electron chi connectivity index (χ3n) is 5.58. The Hall–Kier alpha value is -1.22. The monoisotopic (exact) mass is 320 g/mol. The van der Waals surface area contributed by atoms with Crippen LogP contribution in [0.1, 0.15) is 54.4 Å². The molecule has 3 nitrogen and oxygen atoms in total. The van der Waals surface area contributed by atoms with Crippen molar-refractivity contribution in [3.8, 4) is 0 Å². The Labute approximate surface area is 138 Å². The van der Waals surface area contributed by atoms with Gasteiger partial charge in [-0.05, 0) is 62.1 Å². The normalized spacial score (nSPS) is 26.5. The van der Waals surface area contributed by atoms with E-state index in [1.54, 1.807) is 0 Å². The smallest absolute Gasteiger partial charge is 0.254 e. The number of rotatable bonds is 1. The lowest BCUT2D eigenvalue weighted by atomic mass is 9.90. The second-order valence-electron chi connectivity index (χ2n) is 6.76. The lowest BCUT2D eigenvalue weighted by Gasteiger charge is -2.38. The van der Waals surface area contributed by atoms with Crippen LogP contribution in [0.3, 0.4) is 0 Å². The Morgan fingerprint density at radius 1 is 1.14 bits per heavy atom. The third-order valence-corrected chi connectivity index (χ3v) is 5.58. The van der Waals surface area contributed by atoms with Crippen molar-refractivity contribution in [2.45, 2.75) is 51.0 Å². The number of carbonyl (C=O) groups is 1. The van der Waals surface area contributed by atoms with Crippen LogP contribution in [-0.4, -0.2) is 29.9 Å². The van der Waals surface area contributed by atoms with E-state index in [-0.39, 0.29) is 18.3 Å². The summed E-state index contributed by atoms with van der Waals surface area (Å²) in [5.41, 5.74) is 3.37. The van der Waals surface area contributed by atoms with E-state index in [1.807, 2.05) is 12.1 Å². The Kier molecular flexibility index (Phi) is 4.62. The molecule has 2 aliphatic heterocycles. The van der Waals surface area contributed by atoms with E-state index in [2.05, 4.69) is 16.3 Å². The molecule has 0 aromatic heterocycles. The summed E-state index contributed by atoms with van der Waals surface area (Å²) < 4.78 is 0. The maximum absolute atomic E-state index is 13.1. The van der Waals surface area contributed by atoms with Crippen molar-refractivity contribution in [1.29, 1.82) is 0 Å². The fourth-order valence-corrected chi connectivity index (χ4v) is 4.57. The van der Waals surface area contributed by atoms with Crippen molar-refractivity contribution in [1.82, 2.24) is 4.90 Å². The molecule has 2 fully saturated rings. The van der Waals surface area contributed by atoms with E-state index in [0.29, 0.717) is 6.04 Å². The maximum Gasteiger partial charge on any atom is 0.254 e. The average Bonchev–Trinajstić information content (AvgIpc) is 3.02. The molecule has 1 saturated heterocycles. The molecule has 22 heavy (non-hydrogen) atoms. The van der Waals surface area contributed by atoms with Gasteiger partial charge in [-0.2, -0.15) is 0 Å². The number of carbonyl (C=O) groups excluding carboxylic acids is 1. The van der Waals surface area contributed by atoms with Crippen LogP contribution in [0.5, 0.6) is 0 Å². The zero-order valence-electron chi connectivity index (χ0n) is 13.0. The summed E-state index contributed by atoms with van der Waals surface area (Å²) in [7, 11) is 0. The van der Waals surface area contributed by atoms with Crippen molar-refractivity contribution in [3.05, 3.63) is 29.3 Å². The van der Waals surface area contributed by atoms with Gasteiger partial charge in [0.2, 0.25) is 0 Å². The summed E-state index contributed by atoms with van der Waals surface area (Å²) in [5, 5.41) is 3.44. The molecule has 120 valence electrons. The highest BCUT2D eigenvalue weighted by Gasteiger charge is 2.38. The van der Waals surface area contributed by atoms with Gasteiger partial charge in [0.25, 0.3) is 5.91 Å². The van der Waals surface area contributed by atoms with Crippen LogP contribution in [-0.2, 0) is 6.42 Å². The summed E-state index contributed by atoms with van der Waals surface area (Å²) in [5.74, 6) is 1.05. The molecular formula is C18H25ClN2O. The first-order valence-electron chi connectivity index (χ1n) is 8.51. The molecule has 1 N–H and O–H groups in total. The maximum atomic E-state index is 13.1.